The van der Waals surface area contributed by atoms with E-state index >= 15 is 0 Å². The van der Waals surface area contributed by atoms with Crippen molar-refractivity contribution in [2.75, 3.05) is 26.7 Å². The minimum atomic E-state index is -1.21. The van der Waals surface area contributed by atoms with Crippen LogP contribution >= 0.6 is 0 Å². The average molecular weight is 637 g/mol. The van der Waals surface area contributed by atoms with Crippen LogP contribution in [-0.4, -0.2) is 83.8 Å². The van der Waals surface area contributed by atoms with Gasteiger partial charge in [0.05, 0.1) is 18.1 Å². The number of terminal acetylenes is 2. The zero-order valence-corrected chi connectivity index (χ0v) is 27.9. The van der Waals surface area contributed by atoms with Gasteiger partial charge in [0.2, 0.25) is 17.7 Å². The number of carbonyl (C=O) groups excluding carboxylic acids is 3. The van der Waals surface area contributed by atoms with E-state index in [9.17, 15) is 24.6 Å². The van der Waals surface area contributed by atoms with Crippen molar-refractivity contribution >= 4 is 17.7 Å². The van der Waals surface area contributed by atoms with Crippen molar-refractivity contribution < 1.29 is 24.6 Å². The summed E-state index contributed by atoms with van der Waals surface area (Å²) in [4.78, 5) is 42.4. The Bertz CT molecular complexity index is 1120. The summed E-state index contributed by atoms with van der Waals surface area (Å²) in [7, 11) is 1.73. The molecule has 0 aliphatic heterocycles. The van der Waals surface area contributed by atoms with Crippen molar-refractivity contribution in [2.24, 2.45) is 11.8 Å². The number of nitrogens with one attached hydrogen (secondary N) is 3. The Balaban J connectivity index is 2.22. The Hall–Kier alpha value is -3.37. The Labute approximate surface area is 276 Å². The van der Waals surface area contributed by atoms with Gasteiger partial charge in [-0.2, -0.15) is 0 Å². The summed E-state index contributed by atoms with van der Waals surface area (Å²) in [5, 5.41) is 30.9. The van der Waals surface area contributed by atoms with E-state index in [2.05, 4.69) is 34.7 Å². The summed E-state index contributed by atoms with van der Waals surface area (Å²) in [6.07, 6.45) is 16.7. The Morgan fingerprint density at radius 2 is 1.63 bits per heavy atom. The lowest BCUT2D eigenvalue weighted by atomic mass is 9.82. The number of benzene rings is 1. The van der Waals surface area contributed by atoms with Crippen LogP contribution in [0.3, 0.4) is 0 Å². The molecule has 46 heavy (non-hydrogen) atoms. The fourth-order valence-corrected chi connectivity index (χ4v) is 6.00. The maximum Gasteiger partial charge on any atom is 0.242 e. The molecule has 1 aromatic carbocycles. The molecule has 254 valence electrons. The molecule has 3 amide bonds. The molecule has 1 aliphatic rings. The third-order valence-electron chi connectivity index (χ3n) is 8.83. The first-order valence-corrected chi connectivity index (χ1v) is 17.0. The molecule has 9 nitrogen and oxygen atoms in total. The molecule has 1 aromatic rings. The van der Waals surface area contributed by atoms with Gasteiger partial charge in [-0.3, -0.25) is 14.4 Å². The van der Waals surface area contributed by atoms with Crippen LogP contribution in [0, 0.1) is 36.5 Å². The maximum absolute atomic E-state index is 13.8. The first-order chi connectivity index (χ1) is 22.2. The van der Waals surface area contributed by atoms with Crippen LogP contribution in [0.1, 0.15) is 89.5 Å². The number of amides is 3. The molecule has 1 fully saturated rings. The van der Waals surface area contributed by atoms with Crippen molar-refractivity contribution in [1.82, 2.24) is 20.9 Å². The zero-order valence-electron chi connectivity index (χ0n) is 27.9. The van der Waals surface area contributed by atoms with Gasteiger partial charge < -0.3 is 31.1 Å². The van der Waals surface area contributed by atoms with Gasteiger partial charge in [0.25, 0.3) is 0 Å². The molecule has 0 radical (unpaired) electrons. The predicted octanol–water partition coefficient (Wildman–Crippen LogP) is 3.18. The topological polar surface area (TPSA) is 131 Å². The van der Waals surface area contributed by atoms with Crippen molar-refractivity contribution in [3.63, 3.8) is 0 Å². The SMILES string of the molecule is C#CCC[C@H](NC(=O)[C@@H](CC(=O)N(C)CCNCCC)Cc1ccccc1)C(=O)N[C@@H](CC1CCCCC1)[C@@H](O)[C@@H](O)CCC#C. The molecule has 0 spiro atoms. The van der Waals surface area contributed by atoms with Crippen molar-refractivity contribution in [2.45, 2.75) is 115 Å². The molecule has 0 heterocycles. The van der Waals surface area contributed by atoms with Gasteiger partial charge in [0, 0.05) is 39.4 Å². The van der Waals surface area contributed by atoms with E-state index in [1.54, 1.807) is 11.9 Å². The third-order valence-corrected chi connectivity index (χ3v) is 8.83. The summed E-state index contributed by atoms with van der Waals surface area (Å²) in [6.45, 7) is 4.12. The summed E-state index contributed by atoms with van der Waals surface area (Å²) in [6, 6.07) is 7.79. The lowest BCUT2D eigenvalue weighted by Gasteiger charge is -2.33. The molecule has 2 rings (SSSR count). The van der Waals surface area contributed by atoms with Crippen LogP contribution in [0.4, 0.5) is 0 Å². The third kappa shape index (κ3) is 14.4. The highest BCUT2D eigenvalue weighted by atomic mass is 16.3. The molecule has 0 saturated heterocycles. The lowest BCUT2D eigenvalue weighted by Crippen LogP contribution is -2.56. The number of rotatable bonds is 21. The number of aliphatic hydroxyl groups is 2. The zero-order chi connectivity index (χ0) is 33.7. The molecular formula is C37H56N4O5. The largest absolute Gasteiger partial charge is 0.390 e. The number of aliphatic hydroxyl groups excluding tert-OH is 2. The van der Waals surface area contributed by atoms with Gasteiger partial charge in [0.1, 0.15) is 12.1 Å². The fourth-order valence-electron chi connectivity index (χ4n) is 6.00. The standard InChI is InChI=1S/C37H56N4O5/c1-5-8-20-31(37(46)40-32(26-29-18-14-11-15-19-29)35(44)33(42)21-9-6-2)39-36(45)30(25-28-16-12-10-13-17-28)27-34(43)41(4)24-23-38-22-7-3/h1-2,10,12-13,16-17,29-33,35,38,42,44H,7-9,11,14-15,18-27H2,3-4H3,(H,39,45)(H,40,46)/t30-,31+,32+,33+,35-/m1/s1. The monoisotopic (exact) mass is 636 g/mol. The van der Waals surface area contributed by atoms with Crippen LogP contribution in [0.5, 0.6) is 0 Å². The van der Waals surface area contributed by atoms with Gasteiger partial charge in [0.15, 0.2) is 0 Å². The Morgan fingerprint density at radius 1 is 0.957 bits per heavy atom. The lowest BCUT2D eigenvalue weighted by molar-refractivity contribution is -0.137. The van der Waals surface area contributed by atoms with Gasteiger partial charge in [-0.1, -0.05) is 69.4 Å². The molecule has 9 heteroatoms. The van der Waals surface area contributed by atoms with Crippen LogP contribution in [-0.2, 0) is 20.8 Å². The summed E-state index contributed by atoms with van der Waals surface area (Å²) < 4.78 is 0. The summed E-state index contributed by atoms with van der Waals surface area (Å²) in [5.41, 5.74) is 0.906. The van der Waals surface area contributed by atoms with Crippen molar-refractivity contribution in [3.05, 3.63) is 35.9 Å². The number of nitrogens with zero attached hydrogens (tertiary/aromatic N) is 1. The van der Waals surface area contributed by atoms with Gasteiger partial charge >= 0.3 is 0 Å². The number of hydrogen-bond acceptors (Lipinski definition) is 6. The van der Waals surface area contributed by atoms with E-state index in [1.807, 2.05) is 30.3 Å². The normalized spacial score (nSPS) is 16.6. The second-order valence-electron chi connectivity index (χ2n) is 12.6. The van der Waals surface area contributed by atoms with Crippen molar-refractivity contribution in [1.29, 1.82) is 0 Å². The van der Waals surface area contributed by atoms with E-state index in [0.717, 1.165) is 44.2 Å². The number of carbonyl (C=O) groups is 3. The van der Waals surface area contributed by atoms with E-state index in [-0.39, 0.29) is 31.6 Å². The van der Waals surface area contributed by atoms with E-state index in [1.165, 1.54) is 6.42 Å². The quantitative estimate of drug-likeness (QED) is 0.104. The molecule has 5 N–H and O–H groups in total. The van der Waals surface area contributed by atoms with Crippen molar-refractivity contribution in [3.8, 4) is 24.7 Å². The molecule has 5 atom stereocenters. The highest BCUT2D eigenvalue weighted by molar-refractivity contribution is 5.91. The van der Waals surface area contributed by atoms with Crippen LogP contribution in [0.25, 0.3) is 0 Å². The molecule has 1 aliphatic carbocycles. The van der Waals surface area contributed by atoms with Crippen LogP contribution < -0.4 is 16.0 Å². The fraction of sp³-hybridized carbons (Fsp3) is 0.649. The molecule has 0 bridgehead atoms. The first-order valence-electron chi connectivity index (χ1n) is 17.0. The summed E-state index contributed by atoms with van der Waals surface area (Å²) in [5.74, 6) is 3.59. The summed E-state index contributed by atoms with van der Waals surface area (Å²) >= 11 is 0. The minimum absolute atomic E-state index is 0.0150. The second kappa shape index (κ2) is 22.2. The van der Waals surface area contributed by atoms with Crippen LogP contribution in [0.15, 0.2) is 30.3 Å². The van der Waals surface area contributed by atoms with Gasteiger partial charge in [-0.05, 0) is 50.1 Å². The number of hydrogen-bond donors (Lipinski definition) is 5. The number of likely N-dealkylation sites (N-methyl/N-ethyl adjacent to an activating group) is 1. The maximum atomic E-state index is 13.8. The van der Waals surface area contributed by atoms with Gasteiger partial charge in [-0.15, -0.1) is 24.7 Å². The van der Waals surface area contributed by atoms with E-state index in [0.29, 0.717) is 38.3 Å². The molecule has 1 saturated carbocycles. The minimum Gasteiger partial charge on any atom is -0.390 e. The predicted molar refractivity (Wildman–Crippen MR) is 182 cm³/mol. The molecule has 0 aromatic heterocycles. The second-order valence-corrected chi connectivity index (χ2v) is 12.6. The van der Waals surface area contributed by atoms with Crippen LogP contribution in [0.2, 0.25) is 0 Å². The highest BCUT2D eigenvalue weighted by Gasteiger charge is 2.34. The average Bonchev–Trinajstić information content (AvgIpc) is 3.07. The van der Waals surface area contributed by atoms with E-state index in [4.69, 9.17) is 12.8 Å². The first kappa shape index (κ1) is 38.8. The smallest absolute Gasteiger partial charge is 0.242 e. The molecule has 0 unspecified atom stereocenters. The molecular weight excluding hydrogens is 580 g/mol. The highest BCUT2D eigenvalue weighted by Crippen LogP contribution is 2.29. The Kier molecular flexibility index (Phi) is 18.7. The Morgan fingerprint density at radius 3 is 2.28 bits per heavy atom. The van der Waals surface area contributed by atoms with Gasteiger partial charge in [-0.25, -0.2) is 0 Å². The van der Waals surface area contributed by atoms with E-state index < -0.39 is 42.0 Å².